The molecule has 0 saturated carbocycles. The van der Waals surface area contributed by atoms with Gasteiger partial charge in [-0.1, -0.05) is 24.3 Å². The Kier molecular flexibility index (Phi) is 3.52. The minimum atomic E-state index is 0.619. The van der Waals surface area contributed by atoms with E-state index < -0.39 is 0 Å². The molecule has 0 fully saturated rings. The lowest BCUT2D eigenvalue weighted by Crippen LogP contribution is -2.03. The molecule has 12 heavy (non-hydrogen) atoms. The van der Waals surface area contributed by atoms with Crippen molar-refractivity contribution in [2.45, 2.75) is 19.3 Å². The van der Waals surface area contributed by atoms with E-state index in [0.29, 0.717) is 5.92 Å². The van der Waals surface area contributed by atoms with Crippen molar-refractivity contribution in [2.24, 2.45) is 10.9 Å². The second-order valence-corrected chi connectivity index (χ2v) is 3.05. The molecule has 0 radical (unpaired) electrons. The van der Waals surface area contributed by atoms with Crippen LogP contribution in [-0.4, -0.2) is 6.72 Å². The van der Waals surface area contributed by atoms with Crippen LogP contribution >= 0.6 is 0 Å². The molecule has 0 bridgehead atoms. The first kappa shape index (κ1) is 8.98. The van der Waals surface area contributed by atoms with Crippen LogP contribution in [0.1, 0.15) is 19.3 Å². The van der Waals surface area contributed by atoms with E-state index in [1.54, 1.807) is 6.20 Å². The minimum Gasteiger partial charge on any atom is -0.273 e. The van der Waals surface area contributed by atoms with Gasteiger partial charge >= 0.3 is 0 Å². The molecule has 1 nitrogen and oxygen atoms in total. The molecule has 1 aliphatic rings. The third kappa shape index (κ3) is 2.50. The number of allylic oxidation sites excluding steroid dienone is 4. The van der Waals surface area contributed by atoms with E-state index >= 15 is 0 Å². The van der Waals surface area contributed by atoms with Crippen molar-refractivity contribution in [3.05, 3.63) is 36.6 Å². The van der Waals surface area contributed by atoms with Crippen LogP contribution in [0.15, 0.2) is 41.6 Å². The van der Waals surface area contributed by atoms with E-state index in [9.17, 15) is 0 Å². The summed E-state index contributed by atoms with van der Waals surface area (Å²) in [6.45, 7) is 7.39. The van der Waals surface area contributed by atoms with Gasteiger partial charge in [0.05, 0.1) is 0 Å². The van der Waals surface area contributed by atoms with Gasteiger partial charge in [0.1, 0.15) is 0 Å². The van der Waals surface area contributed by atoms with Crippen molar-refractivity contribution in [1.82, 2.24) is 0 Å². The molecule has 0 aliphatic heterocycles. The quantitative estimate of drug-likeness (QED) is 0.342. The van der Waals surface area contributed by atoms with Gasteiger partial charge in [-0.3, -0.25) is 4.99 Å². The topological polar surface area (TPSA) is 12.4 Å². The Hall–Kier alpha value is -1.11. The smallest absolute Gasteiger partial charge is 0.0263 e. The zero-order chi connectivity index (χ0) is 8.81. The number of hydrogen-bond donors (Lipinski definition) is 0. The molecule has 1 aliphatic carbocycles. The largest absolute Gasteiger partial charge is 0.273 e. The summed E-state index contributed by atoms with van der Waals surface area (Å²) in [6.07, 6.45) is 11.7. The number of rotatable bonds is 3. The number of hydrogen-bond acceptors (Lipinski definition) is 1. The van der Waals surface area contributed by atoms with Gasteiger partial charge in [-0.15, -0.1) is 0 Å². The third-order valence-corrected chi connectivity index (χ3v) is 2.19. The molecule has 1 rings (SSSR count). The summed E-state index contributed by atoms with van der Waals surface area (Å²) in [5.74, 6) is 0.619. The van der Waals surface area contributed by atoms with Gasteiger partial charge in [-0.25, -0.2) is 0 Å². The minimum absolute atomic E-state index is 0.619. The molecular weight excluding hydrogens is 146 g/mol. The average Bonchev–Trinajstić information content (AvgIpc) is 2.15. The first-order valence-corrected chi connectivity index (χ1v) is 4.30. The van der Waals surface area contributed by atoms with Gasteiger partial charge in [-0.2, -0.15) is 0 Å². The molecule has 0 heterocycles. The van der Waals surface area contributed by atoms with Crippen molar-refractivity contribution >= 4 is 6.72 Å². The Balaban J connectivity index is 2.46. The predicted molar refractivity (Wildman–Crippen MR) is 54.3 cm³/mol. The van der Waals surface area contributed by atoms with Crippen LogP contribution in [0.25, 0.3) is 0 Å². The standard InChI is InChI=1S/C11H15N/c1-10(8-9-12-2)11-6-4-3-5-7-11/h3-4,8-9,11H,1-2,5-7H2/b9-8-. The highest BCUT2D eigenvalue weighted by atomic mass is 14.6. The van der Waals surface area contributed by atoms with E-state index in [-0.39, 0.29) is 0 Å². The van der Waals surface area contributed by atoms with Crippen molar-refractivity contribution in [3.63, 3.8) is 0 Å². The molecular formula is C11H15N. The summed E-state index contributed by atoms with van der Waals surface area (Å²) in [4.78, 5) is 3.66. The fraction of sp³-hybridized carbons (Fsp3) is 0.364. The summed E-state index contributed by atoms with van der Waals surface area (Å²) in [5, 5.41) is 0. The molecule has 0 aromatic carbocycles. The van der Waals surface area contributed by atoms with Crippen LogP contribution < -0.4 is 0 Å². The third-order valence-electron chi connectivity index (χ3n) is 2.19. The molecule has 0 aromatic rings. The molecule has 0 amide bonds. The Morgan fingerprint density at radius 1 is 1.50 bits per heavy atom. The lowest BCUT2D eigenvalue weighted by Gasteiger charge is -2.17. The van der Waals surface area contributed by atoms with Gasteiger partial charge < -0.3 is 0 Å². The SMILES string of the molecule is C=N/C=C\C(=C)C1CC=CCC1. The highest BCUT2D eigenvalue weighted by Gasteiger charge is 2.10. The van der Waals surface area contributed by atoms with Crippen LogP contribution in [0.5, 0.6) is 0 Å². The van der Waals surface area contributed by atoms with Gasteiger partial charge in [0.2, 0.25) is 0 Å². The van der Waals surface area contributed by atoms with E-state index in [1.807, 2.05) is 6.08 Å². The van der Waals surface area contributed by atoms with E-state index in [2.05, 4.69) is 30.4 Å². The van der Waals surface area contributed by atoms with E-state index in [4.69, 9.17) is 0 Å². The lowest BCUT2D eigenvalue weighted by molar-refractivity contribution is 0.565. The molecule has 0 spiro atoms. The van der Waals surface area contributed by atoms with Crippen molar-refractivity contribution in [1.29, 1.82) is 0 Å². The first-order valence-electron chi connectivity index (χ1n) is 4.30. The zero-order valence-corrected chi connectivity index (χ0v) is 7.37. The Morgan fingerprint density at radius 3 is 2.92 bits per heavy atom. The van der Waals surface area contributed by atoms with Gasteiger partial charge in [-0.05, 0) is 38.0 Å². The van der Waals surface area contributed by atoms with E-state index in [1.165, 1.54) is 18.4 Å². The van der Waals surface area contributed by atoms with Crippen LogP contribution in [0.3, 0.4) is 0 Å². The summed E-state index contributed by atoms with van der Waals surface area (Å²) in [5.41, 5.74) is 1.17. The maximum absolute atomic E-state index is 4.01. The summed E-state index contributed by atoms with van der Waals surface area (Å²) >= 11 is 0. The summed E-state index contributed by atoms with van der Waals surface area (Å²) in [6, 6.07) is 0. The van der Waals surface area contributed by atoms with Crippen molar-refractivity contribution in [2.75, 3.05) is 0 Å². The Morgan fingerprint density at radius 2 is 2.33 bits per heavy atom. The highest BCUT2D eigenvalue weighted by Crippen LogP contribution is 2.25. The average molecular weight is 161 g/mol. The molecule has 1 heteroatoms. The fourth-order valence-corrected chi connectivity index (χ4v) is 1.41. The lowest BCUT2D eigenvalue weighted by atomic mass is 9.88. The number of nitrogens with zero attached hydrogens (tertiary/aromatic N) is 1. The monoisotopic (exact) mass is 161 g/mol. The predicted octanol–water partition coefficient (Wildman–Crippen LogP) is 3.11. The maximum Gasteiger partial charge on any atom is 0.0263 e. The zero-order valence-electron chi connectivity index (χ0n) is 7.37. The maximum atomic E-state index is 4.01. The molecule has 0 N–H and O–H groups in total. The van der Waals surface area contributed by atoms with Crippen LogP contribution in [0, 0.1) is 5.92 Å². The summed E-state index contributed by atoms with van der Waals surface area (Å²) < 4.78 is 0. The molecule has 64 valence electrons. The van der Waals surface area contributed by atoms with E-state index in [0.717, 1.165) is 6.42 Å². The second kappa shape index (κ2) is 4.70. The second-order valence-electron chi connectivity index (χ2n) is 3.05. The normalized spacial score (nSPS) is 22.8. The fourth-order valence-electron chi connectivity index (χ4n) is 1.41. The molecule has 0 aromatic heterocycles. The van der Waals surface area contributed by atoms with Crippen molar-refractivity contribution in [3.8, 4) is 0 Å². The summed E-state index contributed by atoms with van der Waals surface area (Å²) in [7, 11) is 0. The molecule has 1 atom stereocenters. The van der Waals surface area contributed by atoms with Crippen LogP contribution in [-0.2, 0) is 0 Å². The van der Waals surface area contributed by atoms with Crippen LogP contribution in [0.2, 0.25) is 0 Å². The number of aliphatic imine (C=N–C) groups is 1. The Bertz CT molecular complexity index is 223. The van der Waals surface area contributed by atoms with Crippen LogP contribution in [0.4, 0.5) is 0 Å². The molecule has 0 saturated heterocycles. The van der Waals surface area contributed by atoms with Crippen molar-refractivity contribution < 1.29 is 0 Å². The first-order chi connectivity index (χ1) is 5.84. The van der Waals surface area contributed by atoms with Gasteiger partial charge in [0.25, 0.3) is 0 Å². The molecule has 1 unspecified atom stereocenters. The van der Waals surface area contributed by atoms with Gasteiger partial charge in [0.15, 0.2) is 0 Å². The highest BCUT2D eigenvalue weighted by molar-refractivity contribution is 5.28. The van der Waals surface area contributed by atoms with Gasteiger partial charge in [0, 0.05) is 6.20 Å². The Labute approximate surface area is 74.2 Å².